The first-order chi connectivity index (χ1) is 11.2. The normalized spacial score (nSPS) is 10.7. The minimum atomic E-state index is -0.121. The molecule has 0 spiro atoms. The van der Waals surface area contributed by atoms with Gasteiger partial charge in [0.1, 0.15) is 6.33 Å². The molecule has 0 aliphatic rings. The fourth-order valence-corrected chi connectivity index (χ4v) is 2.23. The predicted molar refractivity (Wildman–Crippen MR) is 85.3 cm³/mol. The van der Waals surface area contributed by atoms with Gasteiger partial charge in [-0.3, -0.25) is 9.78 Å². The number of carbonyl (C=O) groups is 1. The highest BCUT2D eigenvalue weighted by molar-refractivity contribution is 5.93. The van der Waals surface area contributed by atoms with Gasteiger partial charge in [-0.15, -0.1) is 10.2 Å². The van der Waals surface area contributed by atoms with E-state index in [1.165, 1.54) is 0 Å². The van der Waals surface area contributed by atoms with Crippen LogP contribution in [0.4, 0.5) is 5.69 Å². The van der Waals surface area contributed by atoms with Crippen molar-refractivity contribution in [2.75, 3.05) is 18.4 Å². The van der Waals surface area contributed by atoms with Crippen molar-refractivity contribution in [3.63, 3.8) is 0 Å². The van der Waals surface area contributed by atoms with Crippen molar-refractivity contribution in [3.05, 3.63) is 47.7 Å². The molecule has 0 aliphatic heterocycles. The van der Waals surface area contributed by atoms with E-state index in [2.05, 4.69) is 30.9 Å². The van der Waals surface area contributed by atoms with Crippen LogP contribution in [0.25, 0.3) is 5.65 Å². The Labute approximate surface area is 133 Å². The number of anilines is 1. The molecule has 23 heavy (non-hydrogen) atoms. The maximum absolute atomic E-state index is 11.9. The van der Waals surface area contributed by atoms with Gasteiger partial charge in [0.2, 0.25) is 5.65 Å². The van der Waals surface area contributed by atoms with E-state index in [0.29, 0.717) is 24.3 Å². The Morgan fingerprint density at radius 2 is 2.00 bits per heavy atom. The van der Waals surface area contributed by atoms with Crippen molar-refractivity contribution in [1.29, 1.82) is 0 Å². The van der Waals surface area contributed by atoms with Crippen LogP contribution in [0, 0.1) is 13.8 Å². The fraction of sp³-hybridized carbons (Fsp3) is 0.267. The van der Waals surface area contributed by atoms with Gasteiger partial charge in [0.25, 0.3) is 5.91 Å². The Morgan fingerprint density at radius 1 is 1.22 bits per heavy atom. The molecular weight excluding hydrogens is 294 g/mol. The van der Waals surface area contributed by atoms with Crippen LogP contribution < -0.4 is 10.6 Å². The highest BCUT2D eigenvalue weighted by Crippen LogP contribution is 2.20. The van der Waals surface area contributed by atoms with E-state index in [1.54, 1.807) is 35.4 Å². The second-order valence-corrected chi connectivity index (χ2v) is 5.10. The number of fused-ring (bicyclic) bond motifs is 1. The van der Waals surface area contributed by atoms with E-state index >= 15 is 0 Å². The molecule has 0 unspecified atom stereocenters. The van der Waals surface area contributed by atoms with Crippen LogP contribution in [-0.2, 0) is 0 Å². The molecule has 3 heterocycles. The Hall–Kier alpha value is -3.03. The Kier molecular flexibility index (Phi) is 4.13. The van der Waals surface area contributed by atoms with Crippen LogP contribution in [0.5, 0.6) is 0 Å². The van der Waals surface area contributed by atoms with E-state index in [0.717, 1.165) is 16.9 Å². The lowest BCUT2D eigenvalue weighted by Crippen LogP contribution is -2.29. The van der Waals surface area contributed by atoms with Crippen LogP contribution in [0.3, 0.4) is 0 Å². The average molecular weight is 311 g/mol. The molecule has 0 atom stereocenters. The number of carbonyl (C=O) groups excluding carboxylic acids is 1. The Balaban J connectivity index is 1.62. The van der Waals surface area contributed by atoms with Gasteiger partial charge in [-0.2, -0.15) is 9.61 Å². The van der Waals surface area contributed by atoms with E-state index < -0.39 is 0 Å². The lowest BCUT2D eigenvalue weighted by Gasteiger charge is -2.12. The van der Waals surface area contributed by atoms with Crippen molar-refractivity contribution < 1.29 is 4.79 Å². The number of nitrogens with one attached hydrogen (secondary N) is 2. The van der Waals surface area contributed by atoms with Gasteiger partial charge in [0, 0.05) is 31.0 Å². The minimum Gasteiger partial charge on any atom is -0.380 e. The summed E-state index contributed by atoms with van der Waals surface area (Å²) in [6, 6.07) is 3.36. The number of aromatic nitrogens is 5. The molecule has 0 aliphatic carbocycles. The van der Waals surface area contributed by atoms with E-state index in [4.69, 9.17) is 0 Å². The average Bonchev–Trinajstić information content (AvgIpc) is 3.03. The summed E-state index contributed by atoms with van der Waals surface area (Å²) in [4.78, 5) is 15.8. The third-order valence-corrected chi connectivity index (χ3v) is 3.58. The zero-order valence-electron chi connectivity index (χ0n) is 12.9. The lowest BCUT2D eigenvalue weighted by atomic mass is 10.2. The molecule has 1 amide bonds. The van der Waals surface area contributed by atoms with Gasteiger partial charge in [0.05, 0.1) is 11.4 Å². The van der Waals surface area contributed by atoms with Crippen molar-refractivity contribution in [3.8, 4) is 0 Å². The number of rotatable bonds is 5. The highest BCUT2D eigenvalue weighted by atomic mass is 16.1. The van der Waals surface area contributed by atoms with Crippen LogP contribution in [0.1, 0.15) is 21.6 Å². The van der Waals surface area contributed by atoms with E-state index in [9.17, 15) is 4.79 Å². The summed E-state index contributed by atoms with van der Waals surface area (Å²) in [5.74, 6) is -0.121. The molecule has 0 bridgehead atoms. The number of aryl methyl sites for hydroxylation is 1. The maximum Gasteiger partial charge on any atom is 0.251 e. The molecule has 0 aromatic carbocycles. The zero-order chi connectivity index (χ0) is 16.2. The minimum absolute atomic E-state index is 0.121. The number of hydrogen-bond acceptors (Lipinski definition) is 6. The second kappa shape index (κ2) is 6.39. The molecule has 118 valence electrons. The summed E-state index contributed by atoms with van der Waals surface area (Å²) in [5, 5.41) is 18.5. The molecule has 3 rings (SSSR count). The van der Waals surface area contributed by atoms with Gasteiger partial charge < -0.3 is 10.6 Å². The van der Waals surface area contributed by atoms with Crippen LogP contribution in [0.2, 0.25) is 0 Å². The maximum atomic E-state index is 11.9. The van der Waals surface area contributed by atoms with Crippen LogP contribution in [-0.4, -0.2) is 43.8 Å². The summed E-state index contributed by atoms with van der Waals surface area (Å²) in [6.45, 7) is 4.98. The summed E-state index contributed by atoms with van der Waals surface area (Å²) in [5.41, 5.74) is 4.07. The summed E-state index contributed by atoms with van der Waals surface area (Å²) < 4.78 is 1.64. The van der Waals surface area contributed by atoms with Gasteiger partial charge in [0.15, 0.2) is 0 Å². The molecule has 2 N–H and O–H groups in total. The molecule has 3 aromatic rings. The summed E-state index contributed by atoms with van der Waals surface area (Å²) in [7, 11) is 0. The largest absolute Gasteiger partial charge is 0.380 e. The zero-order valence-corrected chi connectivity index (χ0v) is 12.9. The van der Waals surface area contributed by atoms with E-state index in [-0.39, 0.29) is 5.91 Å². The number of amides is 1. The predicted octanol–water partition coefficient (Wildman–Crippen LogP) is 0.978. The van der Waals surface area contributed by atoms with Crippen molar-refractivity contribution in [2.45, 2.75) is 13.8 Å². The fourth-order valence-electron chi connectivity index (χ4n) is 2.23. The van der Waals surface area contributed by atoms with Gasteiger partial charge >= 0.3 is 0 Å². The van der Waals surface area contributed by atoms with Crippen molar-refractivity contribution >= 4 is 17.2 Å². The molecule has 8 nitrogen and oxygen atoms in total. The first-order valence-electron chi connectivity index (χ1n) is 7.26. The topological polar surface area (TPSA) is 97.1 Å². The molecule has 0 fully saturated rings. The van der Waals surface area contributed by atoms with E-state index in [1.807, 2.05) is 13.8 Å². The quantitative estimate of drug-likeness (QED) is 0.682. The van der Waals surface area contributed by atoms with Gasteiger partial charge in [-0.25, -0.2) is 0 Å². The lowest BCUT2D eigenvalue weighted by molar-refractivity contribution is 0.0955. The molecule has 0 radical (unpaired) electrons. The molecule has 0 saturated carbocycles. The first kappa shape index (κ1) is 14.9. The smallest absolute Gasteiger partial charge is 0.251 e. The van der Waals surface area contributed by atoms with Crippen molar-refractivity contribution in [1.82, 2.24) is 30.1 Å². The number of pyridine rings is 1. The molecule has 0 saturated heterocycles. The Morgan fingerprint density at radius 3 is 2.78 bits per heavy atom. The third kappa shape index (κ3) is 3.10. The summed E-state index contributed by atoms with van der Waals surface area (Å²) in [6.07, 6.45) is 4.76. The third-order valence-electron chi connectivity index (χ3n) is 3.58. The van der Waals surface area contributed by atoms with Gasteiger partial charge in [-0.05, 0) is 31.5 Å². The summed E-state index contributed by atoms with van der Waals surface area (Å²) >= 11 is 0. The number of hydrogen-bond donors (Lipinski definition) is 2. The number of nitrogens with zero attached hydrogens (tertiary/aromatic N) is 5. The van der Waals surface area contributed by atoms with Crippen molar-refractivity contribution in [2.24, 2.45) is 0 Å². The second-order valence-electron chi connectivity index (χ2n) is 5.10. The molecular formula is C15H17N7O. The van der Waals surface area contributed by atoms with Gasteiger partial charge in [-0.1, -0.05) is 0 Å². The van der Waals surface area contributed by atoms with Crippen LogP contribution >= 0.6 is 0 Å². The first-order valence-corrected chi connectivity index (χ1v) is 7.26. The molecule has 8 heteroatoms. The van der Waals surface area contributed by atoms with Crippen LogP contribution in [0.15, 0.2) is 30.9 Å². The highest BCUT2D eigenvalue weighted by Gasteiger charge is 2.11. The monoisotopic (exact) mass is 311 g/mol. The molecule has 3 aromatic heterocycles. The standard InChI is InChI=1S/C15H17N7O/c1-10-11(2)21-22-9-19-20-14(22)13(10)17-7-8-18-15(23)12-3-5-16-6-4-12/h3-6,9,17H,7-8H2,1-2H3,(H,18,23). The SMILES string of the molecule is Cc1nn2cnnc2c(NCCNC(=O)c2ccncc2)c1C. The Bertz CT molecular complexity index is 828.